The van der Waals surface area contributed by atoms with Crippen LogP contribution in [0.5, 0.6) is 0 Å². The Morgan fingerprint density at radius 3 is 3.06 bits per heavy atom. The largest absolute Gasteiger partial charge is 0.314 e. The SMILES string of the molecule is CC1(C)CNCCN1Cc1cc(Cl)ccn1. The van der Waals surface area contributed by atoms with E-state index in [1.807, 2.05) is 12.1 Å². The van der Waals surface area contributed by atoms with Crippen molar-refractivity contribution in [2.45, 2.75) is 25.9 Å². The lowest BCUT2D eigenvalue weighted by Crippen LogP contribution is -2.57. The average molecular weight is 240 g/mol. The zero-order valence-corrected chi connectivity index (χ0v) is 10.6. The molecular weight excluding hydrogens is 222 g/mol. The predicted octanol–water partition coefficient (Wildman–Crippen LogP) is 1.92. The molecule has 0 aliphatic carbocycles. The van der Waals surface area contributed by atoms with Crippen LogP contribution in [0.25, 0.3) is 0 Å². The van der Waals surface area contributed by atoms with E-state index in [9.17, 15) is 0 Å². The Hall–Kier alpha value is -0.640. The van der Waals surface area contributed by atoms with E-state index in [4.69, 9.17) is 11.6 Å². The van der Waals surface area contributed by atoms with Crippen LogP contribution in [-0.4, -0.2) is 35.1 Å². The van der Waals surface area contributed by atoms with Crippen LogP contribution in [0.3, 0.4) is 0 Å². The maximum Gasteiger partial charge on any atom is 0.0558 e. The number of nitrogens with zero attached hydrogens (tertiary/aromatic N) is 2. The number of rotatable bonds is 2. The second-order valence-corrected chi connectivity index (χ2v) is 5.31. The number of aromatic nitrogens is 1. The Balaban J connectivity index is 2.08. The molecule has 2 rings (SSSR count). The van der Waals surface area contributed by atoms with Gasteiger partial charge in [-0.05, 0) is 26.0 Å². The highest BCUT2D eigenvalue weighted by atomic mass is 35.5. The number of halogens is 1. The van der Waals surface area contributed by atoms with Gasteiger partial charge in [-0.25, -0.2) is 0 Å². The van der Waals surface area contributed by atoms with E-state index < -0.39 is 0 Å². The van der Waals surface area contributed by atoms with Gasteiger partial charge in [-0.15, -0.1) is 0 Å². The van der Waals surface area contributed by atoms with Crippen LogP contribution in [0.4, 0.5) is 0 Å². The van der Waals surface area contributed by atoms with Crippen molar-refractivity contribution in [2.24, 2.45) is 0 Å². The summed E-state index contributed by atoms with van der Waals surface area (Å²) in [4.78, 5) is 6.80. The molecule has 4 heteroatoms. The Labute approximate surface area is 102 Å². The number of piperazine rings is 1. The zero-order valence-electron chi connectivity index (χ0n) is 9.83. The molecule has 1 aliphatic rings. The van der Waals surface area contributed by atoms with Gasteiger partial charge in [0.15, 0.2) is 0 Å². The van der Waals surface area contributed by atoms with Gasteiger partial charge in [0, 0.05) is 42.9 Å². The van der Waals surface area contributed by atoms with Crippen LogP contribution in [0, 0.1) is 0 Å². The van der Waals surface area contributed by atoms with E-state index in [-0.39, 0.29) is 5.54 Å². The third kappa shape index (κ3) is 2.73. The Bertz CT molecular complexity index is 365. The van der Waals surface area contributed by atoms with Crippen molar-refractivity contribution in [3.63, 3.8) is 0 Å². The van der Waals surface area contributed by atoms with Crippen molar-refractivity contribution in [3.05, 3.63) is 29.0 Å². The molecule has 88 valence electrons. The molecule has 0 saturated carbocycles. The molecule has 0 atom stereocenters. The Kier molecular flexibility index (Phi) is 3.47. The molecule has 0 radical (unpaired) electrons. The van der Waals surface area contributed by atoms with Gasteiger partial charge in [0.1, 0.15) is 0 Å². The molecule has 1 aliphatic heterocycles. The van der Waals surface area contributed by atoms with Gasteiger partial charge < -0.3 is 5.32 Å². The first kappa shape index (κ1) is 11.8. The van der Waals surface area contributed by atoms with E-state index in [2.05, 4.69) is 29.0 Å². The predicted molar refractivity (Wildman–Crippen MR) is 66.6 cm³/mol. The summed E-state index contributed by atoms with van der Waals surface area (Å²) in [6, 6.07) is 3.76. The molecule has 1 N–H and O–H groups in total. The minimum absolute atomic E-state index is 0.183. The van der Waals surface area contributed by atoms with Crippen molar-refractivity contribution in [2.75, 3.05) is 19.6 Å². The van der Waals surface area contributed by atoms with Crippen LogP contribution in [0.15, 0.2) is 18.3 Å². The van der Waals surface area contributed by atoms with Gasteiger partial charge in [0.25, 0.3) is 0 Å². The topological polar surface area (TPSA) is 28.2 Å². The molecule has 0 spiro atoms. The van der Waals surface area contributed by atoms with Gasteiger partial charge >= 0.3 is 0 Å². The first-order chi connectivity index (χ1) is 7.58. The van der Waals surface area contributed by atoms with Crippen LogP contribution >= 0.6 is 11.6 Å². The molecule has 0 unspecified atom stereocenters. The van der Waals surface area contributed by atoms with E-state index in [1.165, 1.54) is 0 Å². The minimum Gasteiger partial charge on any atom is -0.314 e. The molecule has 0 bridgehead atoms. The van der Waals surface area contributed by atoms with Gasteiger partial charge in [0.05, 0.1) is 5.69 Å². The summed E-state index contributed by atoms with van der Waals surface area (Å²) in [5, 5.41) is 4.18. The van der Waals surface area contributed by atoms with Crippen molar-refractivity contribution in [3.8, 4) is 0 Å². The van der Waals surface area contributed by atoms with Gasteiger partial charge in [-0.3, -0.25) is 9.88 Å². The molecule has 2 heterocycles. The normalized spacial score (nSPS) is 20.9. The molecule has 0 amide bonds. The highest BCUT2D eigenvalue weighted by Crippen LogP contribution is 2.19. The number of hydrogen-bond donors (Lipinski definition) is 1. The van der Waals surface area contributed by atoms with Crippen LogP contribution in [-0.2, 0) is 6.54 Å². The van der Waals surface area contributed by atoms with E-state index in [1.54, 1.807) is 6.20 Å². The summed E-state index contributed by atoms with van der Waals surface area (Å²) in [7, 11) is 0. The molecule has 1 saturated heterocycles. The number of nitrogens with one attached hydrogen (secondary N) is 1. The van der Waals surface area contributed by atoms with Crippen molar-refractivity contribution >= 4 is 11.6 Å². The molecule has 16 heavy (non-hydrogen) atoms. The molecule has 1 aromatic heterocycles. The van der Waals surface area contributed by atoms with Gasteiger partial charge in [-0.1, -0.05) is 11.6 Å². The number of pyridine rings is 1. The standard InChI is InChI=1S/C12H18ClN3/c1-12(2)9-14-5-6-16(12)8-11-7-10(13)3-4-15-11/h3-4,7,14H,5-6,8-9H2,1-2H3. The molecular formula is C12H18ClN3. The average Bonchev–Trinajstić information content (AvgIpc) is 2.21. The maximum absolute atomic E-state index is 5.96. The fourth-order valence-corrected chi connectivity index (χ4v) is 2.23. The summed E-state index contributed by atoms with van der Waals surface area (Å²) in [5.41, 5.74) is 1.23. The van der Waals surface area contributed by atoms with Gasteiger partial charge in [-0.2, -0.15) is 0 Å². The lowest BCUT2D eigenvalue weighted by atomic mass is 10.00. The highest BCUT2D eigenvalue weighted by Gasteiger charge is 2.29. The molecule has 1 fully saturated rings. The van der Waals surface area contributed by atoms with E-state index >= 15 is 0 Å². The Morgan fingerprint density at radius 1 is 1.56 bits per heavy atom. The summed E-state index contributed by atoms with van der Waals surface area (Å²) in [6.07, 6.45) is 1.77. The lowest BCUT2D eigenvalue weighted by molar-refractivity contribution is 0.0814. The monoisotopic (exact) mass is 239 g/mol. The first-order valence-electron chi connectivity index (χ1n) is 5.64. The first-order valence-corrected chi connectivity index (χ1v) is 6.02. The van der Waals surface area contributed by atoms with E-state index in [0.717, 1.165) is 36.9 Å². The zero-order chi connectivity index (χ0) is 11.6. The quantitative estimate of drug-likeness (QED) is 0.855. The Morgan fingerprint density at radius 2 is 2.38 bits per heavy atom. The number of hydrogen-bond acceptors (Lipinski definition) is 3. The fourth-order valence-electron chi connectivity index (χ4n) is 2.05. The summed E-state index contributed by atoms with van der Waals surface area (Å²) in [6.45, 7) is 8.50. The second-order valence-electron chi connectivity index (χ2n) is 4.88. The fraction of sp³-hybridized carbons (Fsp3) is 0.583. The van der Waals surface area contributed by atoms with Gasteiger partial charge in [0.2, 0.25) is 0 Å². The van der Waals surface area contributed by atoms with Crippen molar-refractivity contribution < 1.29 is 0 Å². The summed E-state index contributed by atoms with van der Waals surface area (Å²) >= 11 is 5.96. The lowest BCUT2D eigenvalue weighted by Gasteiger charge is -2.42. The molecule has 1 aromatic rings. The summed E-state index contributed by atoms with van der Waals surface area (Å²) < 4.78 is 0. The van der Waals surface area contributed by atoms with Crippen LogP contribution in [0.2, 0.25) is 5.02 Å². The third-order valence-electron chi connectivity index (χ3n) is 3.10. The van der Waals surface area contributed by atoms with Crippen LogP contribution in [0.1, 0.15) is 19.5 Å². The van der Waals surface area contributed by atoms with Crippen molar-refractivity contribution in [1.82, 2.24) is 15.2 Å². The van der Waals surface area contributed by atoms with Crippen molar-refractivity contribution in [1.29, 1.82) is 0 Å². The minimum atomic E-state index is 0.183. The highest BCUT2D eigenvalue weighted by molar-refractivity contribution is 6.30. The smallest absolute Gasteiger partial charge is 0.0558 e. The molecule has 0 aromatic carbocycles. The van der Waals surface area contributed by atoms with Crippen LogP contribution < -0.4 is 5.32 Å². The maximum atomic E-state index is 5.96. The third-order valence-corrected chi connectivity index (χ3v) is 3.34. The van der Waals surface area contributed by atoms with E-state index in [0.29, 0.717) is 0 Å². The second kappa shape index (κ2) is 4.70. The summed E-state index contributed by atoms with van der Waals surface area (Å²) in [5.74, 6) is 0. The molecule has 3 nitrogen and oxygen atoms in total.